The molecule has 1 aromatic carbocycles. The zero-order valence-electron chi connectivity index (χ0n) is 11.3. The van der Waals surface area contributed by atoms with E-state index >= 15 is 0 Å². The third kappa shape index (κ3) is 3.03. The van der Waals surface area contributed by atoms with Gasteiger partial charge in [0.05, 0.1) is 13.7 Å². The molecule has 1 saturated heterocycles. The summed E-state index contributed by atoms with van der Waals surface area (Å²) in [5.41, 5.74) is 1.25. The molecule has 0 amide bonds. The van der Waals surface area contributed by atoms with Crippen LogP contribution < -0.4 is 10.1 Å². The van der Waals surface area contributed by atoms with Gasteiger partial charge >= 0.3 is 0 Å². The molecule has 3 heteroatoms. The minimum atomic E-state index is 0.325. The maximum atomic E-state index is 5.62. The van der Waals surface area contributed by atoms with Crippen molar-refractivity contribution in [1.29, 1.82) is 0 Å². The Bertz CT molecular complexity index is 361. The van der Waals surface area contributed by atoms with Crippen molar-refractivity contribution in [3.8, 4) is 5.75 Å². The first-order chi connectivity index (χ1) is 8.86. The second-order valence-electron chi connectivity index (χ2n) is 4.75. The summed E-state index contributed by atoms with van der Waals surface area (Å²) in [5, 5.41) is 3.58. The molecule has 2 rings (SSSR count). The van der Waals surface area contributed by atoms with Crippen molar-refractivity contribution in [3.63, 3.8) is 0 Å². The van der Waals surface area contributed by atoms with Gasteiger partial charge < -0.3 is 14.8 Å². The van der Waals surface area contributed by atoms with Crippen LogP contribution in [0, 0.1) is 5.92 Å². The zero-order chi connectivity index (χ0) is 12.8. The van der Waals surface area contributed by atoms with Gasteiger partial charge in [0.15, 0.2) is 0 Å². The Morgan fingerprint density at radius 2 is 2.28 bits per heavy atom. The van der Waals surface area contributed by atoms with Gasteiger partial charge in [-0.05, 0) is 25.5 Å². The highest BCUT2D eigenvalue weighted by molar-refractivity contribution is 5.36. The second kappa shape index (κ2) is 6.76. The SMILES string of the molecule is CCNC(c1ccccc1OC)C1CCCOC1. The van der Waals surface area contributed by atoms with Gasteiger partial charge in [0, 0.05) is 24.1 Å². The van der Waals surface area contributed by atoms with Crippen molar-refractivity contribution >= 4 is 0 Å². The fourth-order valence-electron chi connectivity index (χ4n) is 2.70. The summed E-state index contributed by atoms with van der Waals surface area (Å²) >= 11 is 0. The van der Waals surface area contributed by atoms with Crippen LogP contribution in [0.25, 0.3) is 0 Å². The van der Waals surface area contributed by atoms with Crippen LogP contribution in [-0.4, -0.2) is 26.9 Å². The predicted molar refractivity (Wildman–Crippen MR) is 73.0 cm³/mol. The summed E-state index contributed by atoms with van der Waals surface area (Å²) in [7, 11) is 1.74. The number of ether oxygens (including phenoxy) is 2. The molecule has 0 aliphatic carbocycles. The van der Waals surface area contributed by atoms with Gasteiger partial charge in [0.2, 0.25) is 0 Å². The Morgan fingerprint density at radius 3 is 2.94 bits per heavy atom. The van der Waals surface area contributed by atoms with Gasteiger partial charge in [-0.15, -0.1) is 0 Å². The lowest BCUT2D eigenvalue weighted by molar-refractivity contribution is 0.0389. The fourth-order valence-corrected chi connectivity index (χ4v) is 2.70. The molecule has 3 nitrogen and oxygen atoms in total. The van der Waals surface area contributed by atoms with E-state index in [1.165, 1.54) is 12.0 Å². The summed E-state index contributed by atoms with van der Waals surface area (Å²) in [6, 6.07) is 8.60. The number of para-hydroxylation sites is 1. The predicted octanol–water partition coefficient (Wildman–Crippen LogP) is 2.77. The van der Waals surface area contributed by atoms with Crippen LogP contribution in [0.5, 0.6) is 5.75 Å². The third-order valence-corrected chi connectivity index (χ3v) is 3.56. The smallest absolute Gasteiger partial charge is 0.123 e. The highest BCUT2D eigenvalue weighted by Gasteiger charge is 2.26. The molecular weight excluding hydrogens is 226 g/mol. The first-order valence-corrected chi connectivity index (χ1v) is 6.80. The molecule has 0 aromatic heterocycles. The molecule has 1 aliphatic heterocycles. The molecule has 1 aromatic rings. The topological polar surface area (TPSA) is 30.5 Å². The van der Waals surface area contributed by atoms with Crippen LogP contribution in [0.4, 0.5) is 0 Å². The number of rotatable bonds is 5. The van der Waals surface area contributed by atoms with E-state index < -0.39 is 0 Å². The average molecular weight is 249 g/mol. The van der Waals surface area contributed by atoms with Gasteiger partial charge in [-0.3, -0.25) is 0 Å². The summed E-state index contributed by atoms with van der Waals surface area (Å²) < 4.78 is 11.1. The molecular formula is C15H23NO2. The summed E-state index contributed by atoms with van der Waals surface area (Å²) in [6.07, 6.45) is 2.37. The van der Waals surface area contributed by atoms with Crippen LogP contribution in [0.15, 0.2) is 24.3 Å². The van der Waals surface area contributed by atoms with Gasteiger partial charge in [-0.25, -0.2) is 0 Å². The molecule has 0 spiro atoms. The van der Waals surface area contributed by atoms with Crippen molar-refractivity contribution < 1.29 is 9.47 Å². The molecule has 0 bridgehead atoms. The number of benzene rings is 1. The van der Waals surface area contributed by atoms with Crippen molar-refractivity contribution in [2.45, 2.75) is 25.8 Å². The van der Waals surface area contributed by atoms with E-state index in [0.717, 1.165) is 31.9 Å². The van der Waals surface area contributed by atoms with E-state index in [0.29, 0.717) is 12.0 Å². The molecule has 0 saturated carbocycles. The Hall–Kier alpha value is -1.06. The van der Waals surface area contributed by atoms with E-state index in [-0.39, 0.29) is 0 Å². The minimum Gasteiger partial charge on any atom is -0.496 e. The molecule has 2 unspecified atom stereocenters. The minimum absolute atomic E-state index is 0.325. The average Bonchev–Trinajstić information content (AvgIpc) is 2.46. The fraction of sp³-hybridized carbons (Fsp3) is 0.600. The van der Waals surface area contributed by atoms with Gasteiger partial charge in [0.25, 0.3) is 0 Å². The van der Waals surface area contributed by atoms with Gasteiger partial charge in [0.1, 0.15) is 5.75 Å². The molecule has 18 heavy (non-hydrogen) atoms. The normalized spacial score (nSPS) is 21.6. The van der Waals surface area contributed by atoms with Crippen LogP contribution in [-0.2, 0) is 4.74 Å². The largest absolute Gasteiger partial charge is 0.496 e. The first-order valence-electron chi connectivity index (χ1n) is 6.80. The maximum Gasteiger partial charge on any atom is 0.123 e. The number of hydrogen-bond donors (Lipinski definition) is 1. The molecule has 0 radical (unpaired) electrons. The van der Waals surface area contributed by atoms with Crippen LogP contribution in [0.2, 0.25) is 0 Å². The second-order valence-corrected chi connectivity index (χ2v) is 4.75. The lowest BCUT2D eigenvalue weighted by Crippen LogP contribution is -2.33. The van der Waals surface area contributed by atoms with Crippen molar-refractivity contribution in [1.82, 2.24) is 5.32 Å². The number of hydrogen-bond acceptors (Lipinski definition) is 3. The first kappa shape index (κ1) is 13.4. The zero-order valence-corrected chi connectivity index (χ0v) is 11.3. The van der Waals surface area contributed by atoms with Crippen LogP contribution >= 0.6 is 0 Å². The van der Waals surface area contributed by atoms with Crippen molar-refractivity contribution in [3.05, 3.63) is 29.8 Å². The lowest BCUT2D eigenvalue weighted by Gasteiger charge is -2.32. The molecule has 1 heterocycles. The highest BCUT2D eigenvalue weighted by Crippen LogP contribution is 2.33. The number of nitrogens with one attached hydrogen (secondary N) is 1. The molecule has 2 atom stereocenters. The van der Waals surface area contributed by atoms with E-state index in [2.05, 4.69) is 24.4 Å². The Morgan fingerprint density at radius 1 is 1.44 bits per heavy atom. The van der Waals surface area contributed by atoms with E-state index in [9.17, 15) is 0 Å². The number of methoxy groups -OCH3 is 1. The van der Waals surface area contributed by atoms with E-state index in [1.807, 2.05) is 12.1 Å². The Kier molecular flexibility index (Phi) is 5.02. The Labute approximate surface area is 109 Å². The van der Waals surface area contributed by atoms with E-state index in [1.54, 1.807) is 7.11 Å². The van der Waals surface area contributed by atoms with Gasteiger partial charge in [-0.2, -0.15) is 0 Å². The maximum absolute atomic E-state index is 5.62. The molecule has 100 valence electrons. The van der Waals surface area contributed by atoms with Crippen molar-refractivity contribution in [2.24, 2.45) is 5.92 Å². The quantitative estimate of drug-likeness (QED) is 0.870. The van der Waals surface area contributed by atoms with Gasteiger partial charge in [-0.1, -0.05) is 25.1 Å². The molecule has 1 fully saturated rings. The van der Waals surface area contributed by atoms with Crippen molar-refractivity contribution in [2.75, 3.05) is 26.9 Å². The summed E-state index contributed by atoms with van der Waals surface area (Å²) in [5.74, 6) is 1.50. The highest BCUT2D eigenvalue weighted by atomic mass is 16.5. The van der Waals surface area contributed by atoms with E-state index in [4.69, 9.17) is 9.47 Å². The molecule has 1 N–H and O–H groups in total. The van der Waals surface area contributed by atoms with Crippen LogP contribution in [0.1, 0.15) is 31.4 Å². The standard InChI is InChI=1S/C15H23NO2/c1-3-16-15(12-7-6-10-18-11-12)13-8-4-5-9-14(13)17-2/h4-5,8-9,12,15-16H,3,6-7,10-11H2,1-2H3. The summed E-state index contributed by atoms with van der Waals surface area (Å²) in [6.45, 7) is 4.85. The molecule has 1 aliphatic rings. The van der Waals surface area contributed by atoms with Crippen LogP contribution in [0.3, 0.4) is 0 Å². The summed E-state index contributed by atoms with van der Waals surface area (Å²) in [4.78, 5) is 0. The monoisotopic (exact) mass is 249 g/mol. The Balaban J connectivity index is 2.22. The lowest BCUT2D eigenvalue weighted by atomic mass is 9.88. The third-order valence-electron chi connectivity index (χ3n) is 3.56.